The standard InChI is InChI=1S/C28H24F8O3/c1-16-2-4-18(5-3-16)28(35,36)39-20-8-6-19(7-9-20)37-15-27(33,34)38-21-10-11-22(23(29)14-21)17-12-24(30)26(32)25(31)13-17/h6-14,16,18H,2-5,15H2,1H3. The van der Waals surface area contributed by atoms with Crippen LogP contribution < -0.4 is 14.2 Å². The highest BCUT2D eigenvalue weighted by molar-refractivity contribution is 5.65. The fourth-order valence-corrected chi connectivity index (χ4v) is 4.31. The van der Waals surface area contributed by atoms with Crippen molar-refractivity contribution in [2.45, 2.75) is 44.8 Å². The van der Waals surface area contributed by atoms with E-state index in [1.54, 1.807) is 0 Å². The van der Waals surface area contributed by atoms with Crippen LogP contribution in [0, 0.1) is 35.1 Å². The molecule has 0 spiro atoms. The largest absolute Gasteiger partial charge is 0.483 e. The SMILES string of the molecule is CC1CCC(C(F)(F)Oc2ccc(OCC(F)(F)Oc3ccc(-c4cc(F)c(F)c(F)c4)c(F)c3)cc2)CC1. The summed E-state index contributed by atoms with van der Waals surface area (Å²) in [5.74, 6) is -7.31. The summed E-state index contributed by atoms with van der Waals surface area (Å²) in [6.07, 6.45) is -5.23. The summed E-state index contributed by atoms with van der Waals surface area (Å²) in [7, 11) is 0. The van der Waals surface area contributed by atoms with Crippen LogP contribution in [0.5, 0.6) is 17.2 Å². The summed E-state index contributed by atoms with van der Waals surface area (Å²) in [6, 6.07) is 8.27. The second kappa shape index (κ2) is 11.3. The van der Waals surface area contributed by atoms with Gasteiger partial charge in [0.05, 0.1) is 5.92 Å². The van der Waals surface area contributed by atoms with Crippen molar-refractivity contribution in [1.82, 2.24) is 0 Å². The maximum atomic E-state index is 14.5. The van der Waals surface area contributed by atoms with Crippen LogP contribution in [0.1, 0.15) is 32.6 Å². The van der Waals surface area contributed by atoms with Gasteiger partial charge in [-0.25, -0.2) is 17.6 Å². The molecule has 1 aliphatic rings. The van der Waals surface area contributed by atoms with Gasteiger partial charge in [-0.2, -0.15) is 17.6 Å². The molecular formula is C28H24F8O3. The molecule has 0 atom stereocenters. The van der Waals surface area contributed by atoms with Gasteiger partial charge in [0, 0.05) is 11.6 Å². The summed E-state index contributed by atoms with van der Waals surface area (Å²) < 4.78 is 126. The number of rotatable bonds is 9. The molecule has 3 nitrogen and oxygen atoms in total. The lowest BCUT2D eigenvalue weighted by Gasteiger charge is -2.32. The Hall–Kier alpha value is -3.50. The minimum atomic E-state index is -3.94. The molecule has 11 heteroatoms. The molecule has 0 amide bonds. The minimum Gasteiger partial charge on any atom is -0.483 e. The van der Waals surface area contributed by atoms with Gasteiger partial charge in [-0.15, -0.1) is 0 Å². The third-order valence-corrected chi connectivity index (χ3v) is 6.48. The maximum Gasteiger partial charge on any atom is 0.432 e. The van der Waals surface area contributed by atoms with Crippen LogP contribution in [-0.2, 0) is 0 Å². The molecule has 4 rings (SSSR count). The summed E-state index contributed by atoms with van der Waals surface area (Å²) in [6.45, 7) is 0.709. The number of hydrogen-bond acceptors (Lipinski definition) is 3. The highest BCUT2D eigenvalue weighted by Crippen LogP contribution is 2.40. The molecule has 0 N–H and O–H groups in total. The van der Waals surface area contributed by atoms with Crippen molar-refractivity contribution in [3.8, 4) is 28.4 Å². The molecule has 0 aromatic heterocycles. The molecule has 39 heavy (non-hydrogen) atoms. The van der Waals surface area contributed by atoms with Crippen molar-refractivity contribution < 1.29 is 49.3 Å². The molecule has 0 bridgehead atoms. The van der Waals surface area contributed by atoms with E-state index in [4.69, 9.17) is 9.47 Å². The molecule has 0 unspecified atom stereocenters. The second-order valence-corrected chi connectivity index (χ2v) is 9.52. The molecule has 0 aliphatic heterocycles. The van der Waals surface area contributed by atoms with Crippen molar-refractivity contribution in [2.75, 3.05) is 6.61 Å². The van der Waals surface area contributed by atoms with E-state index in [-0.39, 0.29) is 22.6 Å². The fraction of sp³-hybridized carbons (Fsp3) is 0.357. The van der Waals surface area contributed by atoms with E-state index in [0.29, 0.717) is 49.8 Å². The van der Waals surface area contributed by atoms with E-state index >= 15 is 0 Å². The van der Waals surface area contributed by atoms with E-state index in [0.717, 1.165) is 12.1 Å². The predicted octanol–water partition coefficient (Wildman–Crippen LogP) is 8.76. The predicted molar refractivity (Wildman–Crippen MR) is 126 cm³/mol. The van der Waals surface area contributed by atoms with Crippen molar-refractivity contribution in [2.24, 2.45) is 11.8 Å². The normalized spacial score (nSPS) is 18.1. The minimum absolute atomic E-state index is 0.0812. The molecule has 1 fully saturated rings. The molecule has 3 aromatic carbocycles. The van der Waals surface area contributed by atoms with E-state index in [1.807, 2.05) is 6.92 Å². The van der Waals surface area contributed by atoms with Crippen molar-refractivity contribution >= 4 is 0 Å². The van der Waals surface area contributed by atoms with Crippen molar-refractivity contribution in [1.29, 1.82) is 0 Å². The third-order valence-electron chi connectivity index (χ3n) is 6.48. The first-order valence-electron chi connectivity index (χ1n) is 12.1. The lowest BCUT2D eigenvalue weighted by Crippen LogP contribution is -2.36. The van der Waals surface area contributed by atoms with E-state index in [2.05, 4.69) is 4.74 Å². The monoisotopic (exact) mass is 560 g/mol. The van der Waals surface area contributed by atoms with Crippen LogP contribution in [0.15, 0.2) is 54.6 Å². The summed E-state index contributed by atoms with van der Waals surface area (Å²) in [4.78, 5) is 0. The number of alkyl halides is 4. The van der Waals surface area contributed by atoms with Crippen LogP contribution >= 0.6 is 0 Å². The van der Waals surface area contributed by atoms with E-state index in [9.17, 15) is 35.1 Å². The van der Waals surface area contributed by atoms with Crippen LogP contribution in [0.2, 0.25) is 0 Å². The zero-order chi connectivity index (χ0) is 28.4. The Labute approximate surface area is 219 Å². The van der Waals surface area contributed by atoms with E-state index < -0.39 is 53.8 Å². The average molecular weight is 560 g/mol. The molecule has 3 aromatic rings. The number of benzene rings is 3. The molecular weight excluding hydrogens is 536 g/mol. The van der Waals surface area contributed by atoms with Crippen molar-refractivity contribution in [3.63, 3.8) is 0 Å². The number of halogens is 8. The van der Waals surface area contributed by atoms with Crippen LogP contribution in [0.3, 0.4) is 0 Å². The molecule has 1 aliphatic carbocycles. The van der Waals surface area contributed by atoms with E-state index in [1.165, 1.54) is 24.3 Å². The molecule has 0 radical (unpaired) electrons. The van der Waals surface area contributed by atoms with Gasteiger partial charge in [0.2, 0.25) is 0 Å². The Balaban J connectivity index is 1.34. The Morgan fingerprint density at radius 2 is 1.26 bits per heavy atom. The smallest absolute Gasteiger partial charge is 0.432 e. The van der Waals surface area contributed by atoms with Gasteiger partial charge >= 0.3 is 12.2 Å². The zero-order valence-corrected chi connectivity index (χ0v) is 20.6. The van der Waals surface area contributed by atoms with Crippen LogP contribution in [-0.4, -0.2) is 18.8 Å². The van der Waals surface area contributed by atoms with Gasteiger partial charge in [0.1, 0.15) is 23.1 Å². The molecule has 0 heterocycles. The maximum absolute atomic E-state index is 14.5. The van der Waals surface area contributed by atoms with Gasteiger partial charge in [-0.05, 0) is 72.9 Å². The van der Waals surface area contributed by atoms with Gasteiger partial charge < -0.3 is 14.2 Å². The lowest BCUT2D eigenvalue weighted by atomic mass is 9.82. The Bertz CT molecular complexity index is 1270. The zero-order valence-electron chi connectivity index (χ0n) is 20.6. The van der Waals surface area contributed by atoms with Gasteiger partial charge in [0.15, 0.2) is 24.1 Å². The summed E-state index contributed by atoms with van der Waals surface area (Å²) in [5.41, 5.74) is -0.713. The fourth-order valence-electron chi connectivity index (χ4n) is 4.31. The summed E-state index contributed by atoms with van der Waals surface area (Å²) >= 11 is 0. The highest BCUT2D eigenvalue weighted by atomic mass is 19.3. The molecule has 0 saturated heterocycles. The molecule has 210 valence electrons. The first kappa shape index (κ1) is 28.5. The number of ether oxygens (including phenoxy) is 3. The second-order valence-electron chi connectivity index (χ2n) is 9.52. The quantitative estimate of drug-likeness (QED) is 0.194. The average Bonchev–Trinajstić information content (AvgIpc) is 2.86. The van der Waals surface area contributed by atoms with Gasteiger partial charge in [-0.3, -0.25) is 0 Å². The molecule has 1 saturated carbocycles. The highest BCUT2D eigenvalue weighted by Gasteiger charge is 2.43. The summed E-state index contributed by atoms with van der Waals surface area (Å²) in [5, 5.41) is 0. The first-order chi connectivity index (χ1) is 18.3. The Morgan fingerprint density at radius 3 is 1.85 bits per heavy atom. The van der Waals surface area contributed by atoms with Gasteiger partial charge in [-0.1, -0.05) is 19.8 Å². The third kappa shape index (κ3) is 7.13. The van der Waals surface area contributed by atoms with Gasteiger partial charge in [0.25, 0.3) is 0 Å². The van der Waals surface area contributed by atoms with Crippen LogP contribution in [0.25, 0.3) is 11.1 Å². The Morgan fingerprint density at radius 1 is 0.692 bits per heavy atom. The lowest BCUT2D eigenvalue weighted by molar-refractivity contribution is -0.223. The Kier molecular flexibility index (Phi) is 8.27. The topological polar surface area (TPSA) is 27.7 Å². The van der Waals surface area contributed by atoms with Crippen molar-refractivity contribution in [3.05, 3.63) is 77.9 Å². The van der Waals surface area contributed by atoms with Crippen LogP contribution in [0.4, 0.5) is 35.1 Å². The first-order valence-corrected chi connectivity index (χ1v) is 12.1. The number of hydrogen-bond donors (Lipinski definition) is 0.